The largest absolute Gasteiger partial charge is 0.332 e. The zero-order valence-corrected chi connectivity index (χ0v) is 13.7. The van der Waals surface area contributed by atoms with E-state index in [0.717, 1.165) is 18.7 Å². The molecule has 1 aromatic heterocycles. The van der Waals surface area contributed by atoms with Gasteiger partial charge >= 0.3 is 0 Å². The number of aromatic nitrogens is 2. The number of piperazine rings is 1. The number of amides is 1. The molecule has 1 aliphatic rings. The van der Waals surface area contributed by atoms with Crippen molar-refractivity contribution in [1.29, 1.82) is 0 Å². The molecule has 118 valence electrons. The highest BCUT2D eigenvalue weighted by molar-refractivity contribution is 6.33. The van der Waals surface area contributed by atoms with Crippen LogP contribution < -0.4 is 5.32 Å². The summed E-state index contributed by atoms with van der Waals surface area (Å²) < 4.78 is 0. The molecule has 7 heteroatoms. The Morgan fingerprint density at radius 2 is 2.18 bits per heavy atom. The Bertz CT molecular complexity index is 658. The molecule has 1 fully saturated rings. The van der Waals surface area contributed by atoms with Gasteiger partial charge in [-0.25, -0.2) is 0 Å². The van der Waals surface area contributed by atoms with Crippen LogP contribution >= 0.6 is 24.0 Å². The van der Waals surface area contributed by atoms with Crippen LogP contribution in [0.2, 0.25) is 5.02 Å². The molecule has 2 N–H and O–H groups in total. The van der Waals surface area contributed by atoms with Crippen molar-refractivity contribution in [1.82, 2.24) is 20.4 Å². The summed E-state index contributed by atoms with van der Waals surface area (Å²) in [6.45, 7) is 4.38. The minimum absolute atomic E-state index is 0. The summed E-state index contributed by atoms with van der Waals surface area (Å²) in [5.41, 5.74) is 2.01. The van der Waals surface area contributed by atoms with E-state index in [4.69, 9.17) is 11.6 Å². The van der Waals surface area contributed by atoms with E-state index < -0.39 is 0 Å². The van der Waals surface area contributed by atoms with Crippen molar-refractivity contribution < 1.29 is 4.79 Å². The number of benzene rings is 1. The van der Waals surface area contributed by atoms with Gasteiger partial charge in [0.25, 0.3) is 5.91 Å². The molecule has 5 nitrogen and oxygen atoms in total. The van der Waals surface area contributed by atoms with Crippen LogP contribution in [0.15, 0.2) is 30.3 Å². The van der Waals surface area contributed by atoms with Crippen molar-refractivity contribution in [3.8, 4) is 11.3 Å². The van der Waals surface area contributed by atoms with Crippen molar-refractivity contribution in [3.05, 3.63) is 41.0 Å². The van der Waals surface area contributed by atoms with Gasteiger partial charge in [-0.2, -0.15) is 5.10 Å². The van der Waals surface area contributed by atoms with Crippen molar-refractivity contribution in [2.45, 2.75) is 13.0 Å². The molecule has 1 aromatic carbocycles. The van der Waals surface area contributed by atoms with E-state index in [1.165, 1.54) is 0 Å². The van der Waals surface area contributed by atoms with Crippen LogP contribution in [0.1, 0.15) is 17.4 Å². The number of carbonyl (C=O) groups excluding carboxylic acids is 1. The normalized spacial score (nSPS) is 17.9. The number of nitrogens with one attached hydrogen (secondary N) is 2. The Labute approximate surface area is 140 Å². The van der Waals surface area contributed by atoms with Crippen LogP contribution in [0, 0.1) is 0 Å². The molecule has 1 atom stereocenters. The van der Waals surface area contributed by atoms with E-state index in [1.807, 2.05) is 36.1 Å². The van der Waals surface area contributed by atoms with Gasteiger partial charge < -0.3 is 10.2 Å². The highest BCUT2D eigenvalue weighted by atomic mass is 35.5. The quantitative estimate of drug-likeness (QED) is 0.883. The fraction of sp³-hybridized carbons (Fsp3) is 0.333. The highest BCUT2D eigenvalue weighted by Crippen LogP contribution is 2.26. The van der Waals surface area contributed by atoms with E-state index in [9.17, 15) is 4.79 Å². The maximum Gasteiger partial charge on any atom is 0.272 e. The second kappa shape index (κ2) is 7.13. The number of halogens is 2. The molecule has 3 rings (SSSR count). The molecule has 0 saturated carbocycles. The van der Waals surface area contributed by atoms with E-state index >= 15 is 0 Å². The molecule has 2 aromatic rings. The first-order chi connectivity index (χ1) is 10.2. The SMILES string of the molecule is C[C@@H]1CNCCN1C(=O)c1cc(-c2ccccc2Cl)n[nH]1.Cl. The summed E-state index contributed by atoms with van der Waals surface area (Å²) in [5, 5.41) is 10.9. The first-order valence-corrected chi connectivity index (χ1v) is 7.36. The molecule has 2 heterocycles. The third kappa shape index (κ3) is 3.27. The molecule has 0 spiro atoms. The summed E-state index contributed by atoms with van der Waals surface area (Å²) in [7, 11) is 0. The standard InChI is InChI=1S/C15H17ClN4O.ClH/c1-10-9-17-6-7-20(10)15(21)14-8-13(18-19-14)11-4-2-3-5-12(11)16;/h2-5,8,10,17H,6-7,9H2,1H3,(H,18,19);1H/t10-;/m1./s1. The number of hydrogen-bond donors (Lipinski definition) is 2. The van der Waals surface area contributed by atoms with Crippen LogP contribution in [0.3, 0.4) is 0 Å². The van der Waals surface area contributed by atoms with Crippen LogP contribution in [-0.2, 0) is 0 Å². The number of carbonyl (C=O) groups is 1. The van der Waals surface area contributed by atoms with Crippen molar-refractivity contribution in [2.75, 3.05) is 19.6 Å². The number of nitrogens with zero attached hydrogens (tertiary/aromatic N) is 2. The van der Waals surface area contributed by atoms with Crippen LogP contribution in [0.4, 0.5) is 0 Å². The predicted molar refractivity (Wildman–Crippen MR) is 89.6 cm³/mol. The van der Waals surface area contributed by atoms with E-state index in [1.54, 1.807) is 6.07 Å². The first kappa shape index (κ1) is 16.8. The lowest BCUT2D eigenvalue weighted by molar-refractivity contribution is 0.0649. The molecule has 0 radical (unpaired) electrons. The van der Waals surface area contributed by atoms with Gasteiger partial charge in [0.1, 0.15) is 5.69 Å². The number of rotatable bonds is 2. The maximum absolute atomic E-state index is 12.5. The summed E-state index contributed by atoms with van der Waals surface area (Å²) in [6.07, 6.45) is 0. The molecule has 0 aliphatic carbocycles. The molecule has 1 aliphatic heterocycles. The summed E-state index contributed by atoms with van der Waals surface area (Å²) >= 11 is 6.16. The summed E-state index contributed by atoms with van der Waals surface area (Å²) in [6, 6.07) is 9.41. The van der Waals surface area contributed by atoms with E-state index in [-0.39, 0.29) is 24.4 Å². The van der Waals surface area contributed by atoms with Gasteiger partial charge in [0.2, 0.25) is 0 Å². The number of aromatic amines is 1. The van der Waals surface area contributed by atoms with E-state index in [0.29, 0.717) is 23.0 Å². The second-order valence-electron chi connectivity index (χ2n) is 5.20. The Balaban J connectivity index is 0.00000176. The van der Waals surface area contributed by atoms with Gasteiger partial charge in [-0.1, -0.05) is 29.8 Å². The van der Waals surface area contributed by atoms with Crippen LogP contribution in [0.25, 0.3) is 11.3 Å². The third-order valence-corrected chi connectivity index (χ3v) is 4.05. The lowest BCUT2D eigenvalue weighted by Crippen LogP contribution is -2.52. The monoisotopic (exact) mass is 340 g/mol. The van der Waals surface area contributed by atoms with Crippen molar-refractivity contribution in [2.24, 2.45) is 0 Å². The smallest absolute Gasteiger partial charge is 0.272 e. The molecule has 22 heavy (non-hydrogen) atoms. The Morgan fingerprint density at radius 1 is 1.41 bits per heavy atom. The van der Waals surface area contributed by atoms with Gasteiger partial charge in [0, 0.05) is 31.2 Å². The maximum atomic E-state index is 12.5. The lowest BCUT2D eigenvalue weighted by Gasteiger charge is -2.33. The minimum Gasteiger partial charge on any atom is -0.332 e. The molecule has 1 saturated heterocycles. The number of hydrogen-bond acceptors (Lipinski definition) is 3. The summed E-state index contributed by atoms with van der Waals surface area (Å²) in [5.74, 6) is -0.0187. The third-order valence-electron chi connectivity index (χ3n) is 3.72. The second-order valence-corrected chi connectivity index (χ2v) is 5.61. The van der Waals surface area contributed by atoms with Crippen molar-refractivity contribution in [3.63, 3.8) is 0 Å². The van der Waals surface area contributed by atoms with Crippen molar-refractivity contribution >= 4 is 29.9 Å². The van der Waals surface area contributed by atoms with Gasteiger partial charge in [-0.05, 0) is 19.1 Å². The van der Waals surface area contributed by atoms with Gasteiger partial charge in [-0.15, -0.1) is 12.4 Å². The average Bonchev–Trinajstić information content (AvgIpc) is 2.97. The topological polar surface area (TPSA) is 61.0 Å². The highest BCUT2D eigenvalue weighted by Gasteiger charge is 2.25. The zero-order chi connectivity index (χ0) is 14.8. The fourth-order valence-corrected chi connectivity index (χ4v) is 2.77. The van der Waals surface area contributed by atoms with E-state index in [2.05, 4.69) is 15.5 Å². The Kier molecular flexibility index (Phi) is 5.45. The first-order valence-electron chi connectivity index (χ1n) is 6.99. The molecule has 0 unspecified atom stereocenters. The van der Waals surface area contributed by atoms with Gasteiger partial charge in [0.15, 0.2) is 0 Å². The number of H-pyrrole nitrogens is 1. The van der Waals surface area contributed by atoms with Crippen LogP contribution in [-0.4, -0.2) is 46.7 Å². The van der Waals surface area contributed by atoms with Gasteiger partial charge in [0.05, 0.1) is 10.7 Å². The lowest BCUT2D eigenvalue weighted by atomic mass is 10.1. The molecular formula is C15H18Cl2N4O. The average molecular weight is 341 g/mol. The molecule has 0 bridgehead atoms. The molecular weight excluding hydrogens is 323 g/mol. The molecule has 1 amide bonds. The Hall–Kier alpha value is -1.56. The summed E-state index contributed by atoms with van der Waals surface area (Å²) in [4.78, 5) is 14.4. The fourth-order valence-electron chi connectivity index (χ4n) is 2.54. The Morgan fingerprint density at radius 3 is 2.91 bits per heavy atom. The zero-order valence-electron chi connectivity index (χ0n) is 12.2. The predicted octanol–water partition coefficient (Wildman–Crippen LogP) is 2.59. The minimum atomic E-state index is -0.0187. The van der Waals surface area contributed by atoms with Gasteiger partial charge in [-0.3, -0.25) is 9.89 Å². The van der Waals surface area contributed by atoms with Crippen LogP contribution in [0.5, 0.6) is 0 Å².